The van der Waals surface area contributed by atoms with Crippen LogP contribution in [0.4, 0.5) is 0 Å². The Hall–Kier alpha value is -0.900. The van der Waals surface area contributed by atoms with Crippen LogP contribution in [0.15, 0.2) is 0 Å². The predicted octanol–water partition coefficient (Wildman–Crippen LogP) is 1.29. The van der Waals surface area contributed by atoms with Gasteiger partial charge in [-0.15, -0.1) is 0 Å². The Morgan fingerprint density at radius 3 is 2.62 bits per heavy atom. The lowest BCUT2D eigenvalue weighted by Gasteiger charge is -2.32. The van der Waals surface area contributed by atoms with E-state index in [0.717, 1.165) is 19.3 Å². The van der Waals surface area contributed by atoms with Crippen LogP contribution in [-0.2, 0) is 9.59 Å². The maximum Gasteiger partial charge on any atom is 0.317 e. The Labute approximate surface area is 95.6 Å². The molecule has 90 valence electrons. The van der Waals surface area contributed by atoms with Gasteiger partial charge in [-0.3, -0.25) is 14.5 Å². The maximum atomic E-state index is 11.5. The van der Waals surface area contributed by atoms with Gasteiger partial charge in [0.05, 0.1) is 12.6 Å². The van der Waals surface area contributed by atoms with Crippen molar-refractivity contribution in [1.29, 1.82) is 0 Å². The van der Waals surface area contributed by atoms with Gasteiger partial charge in [0.25, 0.3) is 0 Å². The van der Waals surface area contributed by atoms with Gasteiger partial charge in [0.1, 0.15) is 5.78 Å². The molecule has 0 aromatic carbocycles. The molecule has 1 aliphatic carbocycles. The van der Waals surface area contributed by atoms with E-state index in [0.29, 0.717) is 12.0 Å². The first-order valence-corrected chi connectivity index (χ1v) is 6.07. The Bertz CT molecular complexity index is 303. The highest BCUT2D eigenvalue weighted by atomic mass is 16.4. The highest BCUT2D eigenvalue weighted by Gasteiger charge is 2.44. The van der Waals surface area contributed by atoms with Gasteiger partial charge >= 0.3 is 5.97 Å². The van der Waals surface area contributed by atoms with Gasteiger partial charge in [0.15, 0.2) is 0 Å². The molecule has 0 bridgehead atoms. The molecule has 4 heteroatoms. The van der Waals surface area contributed by atoms with Crippen molar-refractivity contribution in [2.24, 2.45) is 5.92 Å². The summed E-state index contributed by atoms with van der Waals surface area (Å²) in [5.41, 5.74) is 0. The van der Waals surface area contributed by atoms with Crippen molar-refractivity contribution in [1.82, 2.24) is 4.90 Å². The topological polar surface area (TPSA) is 57.6 Å². The summed E-state index contributed by atoms with van der Waals surface area (Å²) in [6.45, 7) is 1.60. The summed E-state index contributed by atoms with van der Waals surface area (Å²) < 4.78 is 0. The van der Waals surface area contributed by atoms with Crippen molar-refractivity contribution in [3.8, 4) is 0 Å². The molecule has 3 atom stereocenters. The Morgan fingerprint density at radius 2 is 2.00 bits per heavy atom. The fourth-order valence-electron chi connectivity index (χ4n) is 3.34. The van der Waals surface area contributed by atoms with Crippen LogP contribution in [0.5, 0.6) is 0 Å². The number of carbonyl (C=O) groups excluding carboxylic acids is 1. The molecule has 1 heterocycles. The van der Waals surface area contributed by atoms with Crippen molar-refractivity contribution in [2.45, 2.75) is 51.1 Å². The number of nitrogens with zero attached hydrogens (tertiary/aromatic N) is 1. The summed E-state index contributed by atoms with van der Waals surface area (Å²) in [5.74, 6) is -0.157. The monoisotopic (exact) mass is 225 g/mol. The molecule has 0 spiro atoms. The molecule has 1 N–H and O–H groups in total. The minimum atomic E-state index is -0.822. The first-order valence-electron chi connectivity index (χ1n) is 6.07. The molecule has 1 saturated carbocycles. The smallest absolute Gasteiger partial charge is 0.317 e. The van der Waals surface area contributed by atoms with Crippen molar-refractivity contribution in [3.05, 3.63) is 0 Å². The third kappa shape index (κ3) is 2.12. The number of rotatable bonds is 3. The highest BCUT2D eigenvalue weighted by Crippen LogP contribution is 2.39. The number of hydrogen-bond acceptors (Lipinski definition) is 3. The van der Waals surface area contributed by atoms with Crippen molar-refractivity contribution in [3.63, 3.8) is 0 Å². The highest BCUT2D eigenvalue weighted by molar-refractivity contribution is 5.82. The Morgan fingerprint density at radius 1 is 1.31 bits per heavy atom. The van der Waals surface area contributed by atoms with E-state index < -0.39 is 5.97 Å². The number of likely N-dealkylation sites (tertiary alicyclic amines) is 1. The predicted molar refractivity (Wildman–Crippen MR) is 59.2 cm³/mol. The SMILES string of the molecule is CC(=O)C1CC2CCCCC2N1CC(=O)O. The van der Waals surface area contributed by atoms with Crippen LogP contribution in [0.1, 0.15) is 39.0 Å². The van der Waals surface area contributed by atoms with Gasteiger partial charge in [-0.1, -0.05) is 12.8 Å². The first kappa shape index (κ1) is 11.6. The van der Waals surface area contributed by atoms with E-state index in [-0.39, 0.29) is 18.4 Å². The molecule has 1 aliphatic heterocycles. The standard InChI is InChI=1S/C12H19NO3/c1-8(14)11-6-9-4-2-3-5-10(9)13(11)7-12(15)16/h9-11H,2-7H2,1H3,(H,15,16). The molecule has 2 rings (SSSR count). The van der Waals surface area contributed by atoms with E-state index in [4.69, 9.17) is 5.11 Å². The normalized spacial score (nSPS) is 34.7. The summed E-state index contributed by atoms with van der Waals surface area (Å²) >= 11 is 0. The lowest BCUT2D eigenvalue weighted by Crippen LogP contribution is -2.44. The van der Waals surface area contributed by atoms with Crippen LogP contribution < -0.4 is 0 Å². The molecule has 0 aromatic rings. The molecule has 2 fully saturated rings. The molecular formula is C12H19NO3. The minimum Gasteiger partial charge on any atom is -0.480 e. The summed E-state index contributed by atoms with van der Waals surface area (Å²) in [6, 6.07) is 0.183. The second-order valence-electron chi connectivity index (χ2n) is 5.04. The molecule has 16 heavy (non-hydrogen) atoms. The van der Waals surface area contributed by atoms with E-state index in [1.807, 2.05) is 4.90 Å². The Kier molecular flexibility index (Phi) is 3.28. The van der Waals surface area contributed by atoms with E-state index in [1.165, 1.54) is 12.8 Å². The van der Waals surface area contributed by atoms with E-state index in [2.05, 4.69) is 0 Å². The molecule has 2 aliphatic rings. The van der Waals surface area contributed by atoms with Gasteiger partial charge in [-0.2, -0.15) is 0 Å². The number of ketones is 1. The van der Waals surface area contributed by atoms with Crippen LogP contribution in [0, 0.1) is 5.92 Å². The van der Waals surface area contributed by atoms with Crippen LogP contribution in [0.25, 0.3) is 0 Å². The third-order valence-corrected chi connectivity index (χ3v) is 4.01. The van der Waals surface area contributed by atoms with Gasteiger partial charge in [0.2, 0.25) is 0 Å². The number of carbonyl (C=O) groups is 2. The number of hydrogen-bond donors (Lipinski definition) is 1. The number of fused-ring (bicyclic) bond motifs is 1. The van der Waals surface area contributed by atoms with Crippen LogP contribution in [-0.4, -0.2) is 40.4 Å². The van der Waals surface area contributed by atoms with E-state index in [1.54, 1.807) is 6.92 Å². The van der Waals surface area contributed by atoms with Crippen molar-refractivity contribution in [2.75, 3.05) is 6.54 Å². The number of Topliss-reactive ketones (excluding diaryl/α,β-unsaturated/α-hetero) is 1. The van der Waals surface area contributed by atoms with E-state index in [9.17, 15) is 9.59 Å². The molecule has 0 amide bonds. The molecule has 1 saturated heterocycles. The van der Waals surface area contributed by atoms with Crippen LogP contribution in [0.3, 0.4) is 0 Å². The van der Waals surface area contributed by atoms with Gasteiger partial charge in [-0.25, -0.2) is 0 Å². The first-order chi connectivity index (χ1) is 7.59. The van der Waals surface area contributed by atoms with Gasteiger partial charge < -0.3 is 5.11 Å². The zero-order chi connectivity index (χ0) is 11.7. The maximum absolute atomic E-state index is 11.5. The van der Waals surface area contributed by atoms with Crippen molar-refractivity contribution >= 4 is 11.8 Å². The summed E-state index contributed by atoms with van der Waals surface area (Å²) in [6.07, 6.45) is 5.48. The summed E-state index contributed by atoms with van der Waals surface area (Å²) in [7, 11) is 0. The molecule has 0 aromatic heterocycles. The second kappa shape index (κ2) is 4.53. The summed E-state index contributed by atoms with van der Waals surface area (Å²) in [4.78, 5) is 24.3. The minimum absolute atomic E-state index is 0.0193. The largest absolute Gasteiger partial charge is 0.480 e. The zero-order valence-corrected chi connectivity index (χ0v) is 9.69. The fourth-order valence-corrected chi connectivity index (χ4v) is 3.34. The van der Waals surface area contributed by atoms with E-state index >= 15 is 0 Å². The number of aliphatic carboxylic acids is 1. The third-order valence-electron chi connectivity index (χ3n) is 4.01. The average molecular weight is 225 g/mol. The number of carboxylic acid groups (broad SMARTS) is 1. The van der Waals surface area contributed by atoms with Crippen LogP contribution >= 0.6 is 0 Å². The second-order valence-corrected chi connectivity index (χ2v) is 5.04. The van der Waals surface area contributed by atoms with Gasteiger partial charge in [-0.05, 0) is 32.1 Å². The zero-order valence-electron chi connectivity index (χ0n) is 9.69. The molecule has 3 unspecified atom stereocenters. The lowest BCUT2D eigenvalue weighted by atomic mass is 9.84. The van der Waals surface area contributed by atoms with Gasteiger partial charge in [0, 0.05) is 6.04 Å². The molecule has 4 nitrogen and oxygen atoms in total. The van der Waals surface area contributed by atoms with Crippen molar-refractivity contribution < 1.29 is 14.7 Å². The lowest BCUT2D eigenvalue weighted by molar-refractivity contribution is -0.139. The molecular weight excluding hydrogens is 206 g/mol. The average Bonchev–Trinajstić information content (AvgIpc) is 2.57. The summed E-state index contributed by atoms with van der Waals surface area (Å²) in [5, 5.41) is 8.91. The fraction of sp³-hybridized carbons (Fsp3) is 0.833. The quantitative estimate of drug-likeness (QED) is 0.786. The molecule has 0 radical (unpaired) electrons. The van der Waals surface area contributed by atoms with Crippen LogP contribution in [0.2, 0.25) is 0 Å². The Balaban J connectivity index is 2.14. The number of carboxylic acids is 1.